The van der Waals surface area contributed by atoms with E-state index in [2.05, 4.69) is 6.07 Å². The minimum absolute atomic E-state index is 0.0695. The summed E-state index contributed by atoms with van der Waals surface area (Å²) in [6.07, 6.45) is 1.41. The van der Waals surface area contributed by atoms with E-state index >= 15 is 0 Å². The number of rotatable bonds is 8. The third-order valence-electron chi connectivity index (χ3n) is 3.48. The summed E-state index contributed by atoms with van der Waals surface area (Å²) in [6.45, 7) is 4.41. The van der Waals surface area contributed by atoms with Crippen LogP contribution in [0.5, 0.6) is 11.5 Å². The zero-order valence-corrected chi connectivity index (χ0v) is 13.8. The van der Waals surface area contributed by atoms with Crippen molar-refractivity contribution in [2.75, 3.05) is 20.8 Å². The molecular formula is C17H24N2O3. The molecule has 0 atom stereocenters. The molecule has 0 radical (unpaired) electrons. The van der Waals surface area contributed by atoms with Crippen LogP contribution < -0.4 is 9.47 Å². The molecule has 1 rings (SSSR count). The molecule has 0 spiro atoms. The molecule has 22 heavy (non-hydrogen) atoms. The first-order valence-electron chi connectivity index (χ1n) is 7.40. The molecule has 0 aromatic heterocycles. The summed E-state index contributed by atoms with van der Waals surface area (Å²) in [5.41, 5.74) is 1.02. The fraction of sp³-hybridized carbons (Fsp3) is 0.529. The zero-order chi connectivity index (χ0) is 16.5. The molecule has 0 saturated carbocycles. The van der Waals surface area contributed by atoms with Crippen molar-refractivity contribution in [2.45, 2.75) is 39.2 Å². The Morgan fingerprint density at radius 2 is 1.95 bits per heavy atom. The Labute approximate surface area is 132 Å². The van der Waals surface area contributed by atoms with Gasteiger partial charge in [0.2, 0.25) is 5.91 Å². The van der Waals surface area contributed by atoms with Crippen molar-refractivity contribution in [3.8, 4) is 17.6 Å². The second kappa shape index (κ2) is 8.93. The number of ether oxygens (including phenoxy) is 2. The van der Waals surface area contributed by atoms with E-state index < -0.39 is 0 Å². The van der Waals surface area contributed by atoms with E-state index in [-0.39, 0.29) is 11.9 Å². The predicted molar refractivity (Wildman–Crippen MR) is 84.9 cm³/mol. The van der Waals surface area contributed by atoms with Crippen LogP contribution in [-0.4, -0.2) is 37.6 Å². The van der Waals surface area contributed by atoms with Gasteiger partial charge >= 0.3 is 0 Å². The second-order valence-electron chi connectivity index (χ2n) is 5.28. The molecule has 1 aromatic carbocycles. The molecule has 0 unspecified atom stereocenters. The van der Waals surface area contributed by atoms with Gasteiger partial charge < -0.3 is 14.4 Å². The molecule has 1 amide bonds. The average Bonchev–Trinajstić information content (AvgIpc) is 2.52. The van der Waals surface area contributed by atoms with Crippen LogP contribution in [0.25, 0.3) is 0 Å². The highest BCUT2D eigenvalue weighted by Gasteiger charge is 2.16. The Morgan fingerprint density at radius 1 is 1.27 bits per heavy atom. The average molecular weight is 304 g/mol. The molecule has 5 nitrogen and oxygen atoms in total. The Hall–Kier alpha value is -2.22. The van der Waals surface area contributed by atoms with E-state index in [1.54, 1.807) is 19.1 Å². The quantitative estimate of drug-likeness (QED) is 0.741. The highest BCUT2D eigenvalue weighted by Crippen LogP contribution is 2.28. The molecule has 5 heteroatoms. The van der Waals surface area contributed by atoms with Gasteiger partial charge in [0.05, 0.1) is 26.7 Å². The van der Waals surface area contributed by atoms with E-state index in [1.165, 1.54) is 0 Å². The molecule has 0 saturated heterocycles. The van der Waals surface area contributed by atoms with Crippen LogP contribution in [0.2, 0.25) is 0 Å². The van der Waals surface area contributed by atoms with Gasteiger partial charge in [0.1, 0.15) is 0 Å². The van der Waals surface area contributed by atoms with Gasteiger partial charge in [-0.3, -0.25) is 4.79 Å². The fourth-order valence-corrected chi connectivity index (χ4v) is 2.27. The normalized spacial score (nSPS) is 10.2. The van der Waals surface area contributed by atoms with Crippen molar-refractivity contribution in [3.05, 3.63) is 23.8 Å². The van der Waals surface area contributed by atoms with Crippen LogP contribution in [0.4, 0.5) is 0 Å². The van der Waals surface area contributed by atoms with Crippen LogP contribution in [0, 0.1) is 11.3 Å². The lowest BCUT2D eigenvalue weighted by Crippen LogP contribution is -2.37. The van der Waals surface area contributed by atoms with Gasteiger partial charge in [-0.2, -0.15) is 5.26 Å². The summed E-state index contributed by atoms with van der Waals surface area (Å²) in [7, 11) is 3.19. The number of hydrogen-bond acceptors (Lipinski definition) is 4. The maximum Gasteiger partial charge on any atom is 0.223 e. The predicted octanol–water partition coefficient (Wildman–Crippen LogP) is 2.79. The number of nitriles is 1. The van der Waals surface area contributed by atoms with Crippen LogP contribution >= 0.6 is 0 Å². The summed E-state index contributed by atoms with van der Waals surface area (Å²) < 4.78 is 10.5. The Kier molecular flexibility index (Phi) is 7.24. The topological polar surface area (TPSA) is 62.6 Å². The van der Waals surface area contributed by atoms with Crippen molar-refractivity contribution in [1.29, 1.82) is 5.26 Å². The molecule has 0 bridgehead atoms. The number of benzene rings is 1. The lowest BCUT2D eigenvalue weighted by Gasteiger charge is -2.26. The maximum absolute atomic E-state index is 12.3. The summed E-state index contributed by atoms with van der Waals surface area (Å²) in [5.74, 6) is 1.41. The first-order valence-corrected chi connectivity index (χ1v) is 7.40. The monoisotopic (exact) mass is 304 g/mol. The molecule has 0 aliphatic carbocycles. The van der Waals surface area contributed by atoms with Gasteiger partial charge in [-0.05, 0) is 38.0 Å². The van der Waals surface area contributed by atoms with Gasteiger partial charge in [0, 0.05) is 19.0 Å². The molecule has 0 fully saturated rings. The minimum atomic E-state index is 0.0695. The highest BCUT2D eigenvalue weighted by molar-refractivity contribution is 5.76. The standard InChI is InChI=1S/C17H24N2O3/c1-13(2)19(11-5-10-18)17(20)9-7-14-6-8-15(21-3)16(12-14)22-4/h6,8,12-13H,5,7,9,11H2,1-4H3. The first kappa shape index (κ1) is 17.8. The summed E-state index contributed by atoms with van der Waals surface area (Å²) in [5, 5.41) is 8.68. The van der Waals surface area contributed by atoms with E-state index in [0.29, 0.717) is 37.3 Å². The third kappa shape index (κ3) is 4.96. The Bertz CT molecular complexity index is 535. The molecule has 0 aliphatic heterocycles. The smallest absolute Gasteiger partial charge is 0.223 e. The number of nitrogens with zero attached hydrogens (tertiary/aromatic N) is 2. The van der Waals surface area contributed by atoms with Gasteiger partial charge in [-0.1, -0.05) is 6.07 Å². The van der Waals surface area contributed by atoms with Crippen LogP contribution in [0.15, 0.2) is 18.2 Å². The van der Waals surface area contributed by atoms with Crippen molar-refractivity contribution in [1.82, 2.24) is 4.90 Å². The van der Waals surface area contributed by atoms with Gasteiger partial charge in [0.25, 0.3) is 0 Å². The summed E-state index contributed by atoms with van der Waals surface area (Å²) in [6, 6.07) is 7.85. The molecule has 0 aliphatic rings. The van der Waals surface area contributed by atoms with Crippen LogP contribution in [0.1, 0.15) is 32.3 Å². The van der Waals surface area contributed by atoms with E-state index in [1.807, 2.05) is 32.0 Å². The fourth-order valence-electron chi connectivity index (χ4n) is 2.27. The second-order valence-corrected chi connectivity index (χ2v) is 5.28. The largest absolute Gasteiger partial charge is 0.493 e. The lowest BCUT2D eigenvalue weighted by molar-refractivity contribution is -0.132. The Balaban J connectivity index is 2.68. The Morgan fingerprint density at radius 3 is 2.50 bits per heavy atom. The summed E-state index contributed by atoms with van der Waals surface area (Å²) in [4.78, 5) is 14.1. The molecule has 120 valence electrons. The number of amides is 1. The first-order chi connectivity index (χ1) is 10.5. The maximum atomic E-state index is 12.3. The number of carbonyl (C=O) groups excluding carboxylic acids is 1. The molecule has 0 heterocycles. The van der Waals surface area contributed by atoms with E-state index in [0.717, 1.165) is 5.56 Å². The number of methoxy groups -OCH3 is 2. The van der Waals surface area contributed by atoms with E-state index in [9.17, 15) is 4.79 Å². The van der Waals surface area contributed by atoms with Crippen molar-refractivity contribution in [2.24, 2.45) is 0 Å². The lowest BCUT2D eigenvalue weighted by atomic mass is 10.1. The zero-order valence-electron chi connectivity index (χ0n) is 13.8. The number of hydrogen-bond donors (Lipinski definition) is 0. The SMILES string of the molecule is COc1ccc(CCC(=O)N(CCC#N)C(C)C)cc1OC. The van der Waals surface area contributed by atoms with E-state index in [4.69, 9.17) is 14.7 Å². The highest BCUT2D eigenvalue weighted by atomic mass is 16.5. The van der Waals surface area contributed by atoms with Gasteiger partial charge in [-0.25, -0.2) is 0 Å². The van der Waals surface area contributed by atoms with Crippen molar-refractivity contribution < 1.29 is 14.3 Å². The number of aryl methyl sites for hydroxylation is 1. The summed E-state index contributed by atoms with van der Waals surface area (Å²) >= 11 is 0. The van der Waals surface area contributed by atoms with Gasteiger partial charge in [-0.15, -0.1) is 0 Å². The molecule has 1 aromatic rings. The third-order valence-corrected chi connectivity index (χ3v) is 3.48. The van der Waals surface area contributed by atoms with Crippen LogP contribution in [-0.2, 0) is 11.2 Å². The molecule has 0 N–H and O–H groups in total. The minimum Gasteiger partial charge on any atom is -0.493 e. The number of carbonyl (C=O) groups is 1. The van der Waals surface area contributed by atoms with Crippen molar-refractivity contribution >= 4 is 5.91 Å². The molecular weight excluding hydrogens is 280 g/mol. The van der Waals surface area contributed by atoms with Crippen LogP contribution in [0.3, 0.4) is 0 Å². The van der Waals surface area contributed by atoms with Crippen molar-refractivity contribution in [3.63, 3.8) is 0 Å². The van der Waals surface area contributed by atoms with Gasteiger partial charge in [0.15, 0.2) is 11.5 Å².